The van der Waals surface area contributed by atoms with Gasteiger partial charge in [0.2, 0.25) is 0 Å². The molecule has 18 heteroatoms. The maximum Gasteiger partial charge on any atom is 0.416 e. The second kappa shape index (κ2) is 17.2. The molecule has 62 heavy (non-hydrogen) atoms. The van der Waals surface area contributed by atoms with Crippen molar-refractivity contribution >= 4 is 29.2 Å². The highest BCUT2D eigenvalue weighted by atomic mass is 19.4. The van der Waals surface area contributed by atoms with Crippen LogP contribution in [0.25, 0.3) is 0 Å². The zero-order chi connectivity index (χ0) is 44.5. The highest BCUT2D eigenvalue weighted by molar-refractivity contribution is 6.07. The number of benzene rings is 4. The van der Waals surface area contributed by atoms with Crippen LogP contribution in [0.1, 0.15) is 45.5 Å². The van der Waals surface area contributed by atoms with Gasteiger partial charge in [0.1, 0.15) is 12.1 Å². The monoisotopic (exact) mass is 854 g/mol. The maximum atomic E-state index is 14.2. The van der Waals surface area contributed by atoms with E-state index in [-0.39, 0.29) is 66.8 Å². The van der Waals surface area contributed by atoms with Crippen LogP contribution in [-0.4, -0.2) is 74.0 Å². The summed E-state index contributed by atoms with van der Waals surface area (Å²) in [5.41, 5.74) is 7.44. The van der Waals surface area contributed by atoms with Crippen LogP contribution in [0, 0.1) is 22.7 Å². The Morgan fingerprint density at radius 2 is 1.48 bits per heavy atom. The normalized spacial score (nSPS) is 18.5. The lowest BCUT2D eigenvalue weighted by molar-refractivity contribution is -0.808. The largest absolute Gasteiger partial charge is 0.416 e. The molecule has 12 nitrogen and oxygen atoms in total. The number of urea groups is 1. The molecule has 3 aliphatic rings. The van der Waals surface area contributed by atoms with Crippen LogP contribution < -0.4 is 26.2 Å². The van der Waals surface area contributed by atoms with Gasteiger partial charge in [-0.15, -0.1) is 0 Å². The molecule has 5 N–H and O–H groups in total. The number of nitrogens with zero attached hydrogens (tertiary/aromatic N) is 5. The molecule has 4 aromatic carbocycles. The number of nitriles is 2. The van der Waals surface area contributed by atoms with Gasteiger partial charge in [0.05, 0.1) is 82.2 Å². The van der Waals surface area contributed by atoms with Gasteiger partial charge >= 0.3 is 24.3 Å². The first-order valence-corrected chi connectivity index (χ1v) is 19.3. The topological polar surface area (TPSA) is 163 Å². The first-order valence-electron chi connectivity index (χ1n) is 19.3. The third kappa shape index (κ3) is 8.89. The molecule has 0 radical (unpaired) electrons. The van der Waals surface area contributed by atoms with Gasteiger partial charge in [-0.25, -0.2) is 9.59 Å². The van der Waals surface area contributed by atoms with Gasteiger partial charge in [0.25, 0.3) is 5.91 Å². The van der Waals surface area contributed by atoms with Crippen molar-refractivity contribution in [2.24, 2.45) is 5.73 Å². The smallest absolute Gasteiger partial charge is 0.354 e. The van der Waals surface area contributed by atoms with Crippen molar-refractivity contribution in [2.75, 3.05) is 56.5 Å². The number of halogens is 6. The molecule has 7 rings (SSSR count). The first-order chi connectivity index (χ1) is 29.5. The Balaban J connectivity index is 1.07. The predicted octanol–water partition coefficient (Wildman–Crippen LogP) is 5.26. The minimum atomic E-state index is -4.69. The highest BCUT2D eigenvalue weighted by Gasteiger charge is 2.45. The minimum absolute atomic E-state index is 0.0760. The molecule has 0 fully saturated rings. The molecule has 0 spiro atoms. The van der Waals surface area contributed by atoms with E-state index in [1.807, 2.05) is 17.0 Å². The fourth-order valence-corrected chi connectivity index (χ4v) is 7.74. The molecule has 318 valence electrons. The lowest BCUT2D eigenvalue weighted by Crippen LogP contribution is -3.14. The third-order valence-corrected chi connectivity index (χ3v) is 11.0. The fraction of sp³-hybridized carbons (Fsp3) is 0.250. The number of nitrogens with one attached hydrogen (secondary N) is 3. The number of anilines is 2. The number of nitrogens with two attached hydrogens (primary N) is 1. The summed E-state index contributed by atoms with van der Waals surface area (Å²) in [4.78, 5) is 46.8. The molecule has 1 unspecified atom stereocenters. The number of quaternary nitrogens is 1. The van der Waals surface area contributed by atoms with Crippen molar-refractivity contribution in [1.82, 2.24) is 15.1 Å². The van der Waals surface area contributed by atoms with Crippen LogP contribution in [0.5, 0.6) is 0 Å². The third-order valence-electron chi connectivity index (χ3n) is 11.0. The summed E-state index contributed by atoms with van der Waals surface area (Å²) in [6, 6.07) is 22.8. The van der Waals surface area contributed by atoms with Crippen LogP contribution in [0.2, 0.25) is 0 Å². The number of amides is 4. The van der Waals surface area contributed by atoms with Crippen molar-refractivity contribution in [3.05, 3.63) is 153 Å². The van der Waals surface area contributed by atoms with E-state index < -0.39 is 47.5 Å². The number of hydrogen-bond donors (Lipinski definition) is 4. The Hall–Kier alpha value is -6.99. The van der Waals surface area contributed by atoms with Crippen molar-refractivity contribution < 1.29 is 45.6 Å². The number of hydrogen-bond acceptors (Lipinski definition) is 8. The standard InChI is InChI=1S/C44H37F6N9O3/c1-56(16-18-57-24-34(54-32-6-2-4-30(20-32)43(45,46)47)36(40(57)60)38(53)28-12-8-26(22-51)9-13-28)17-19-58-25-35-37(41(58)61)39(29-14-10-27(23-52)11-15-29)55-42(62)59(35)33-7-3-5-31(21-33)44(48,49)50/h2-15,20-21,38-39,54H,16-19,24-25,53H2,1H3,(H,55,62)/p+1/t38-,39-/m1/s1. The van der Waals surface area contributed by atoms with E-state index in [2.05, 4.69) is 10.6 Å². The molecule has 3 aliphatic heterocycles. The van der Waals surface area contributed by atoms with E-state index in [9.17, 15) is 51.2 Å². The van der Waals surface area contributed by atoms with Crippen molar-refractivity contribution in [1.29, 1.82) is 10.5 Å². The summed E-state index contributed by atoms with van der Waals surface area (Å²) in [7, 11) is 1.77. The van der Waals surface area contributed by atoms with Gasteiger partial charge in [-0.2, -0.15) is 36.9 Å². The Bertz CT molecular complexity index is 2560. The highest BCUT2D eigenvalue weighted by Crippen LogP contribution is 2.40. The van der Waals surface area contributed by atoms with E-state index >= 15 is 0 Å². The number of alkyl halides is 6. The molecule has 0 saturated carbocycles. The average Bonchev–Trinajstić information content (AvgIpc) is 3.74. The Labute approximate surface area is 351 Å². The van der Waals surface area contributed by atoms with Gasteiger partial charge < -0.3 is 21.3 Å². The second-order valence-electron chi connectivity index (χ2n) is 15.1. The summed E-state index contributed by atoms with van der Waals surface area (Å²) in [5.74, 6) is -0.812. The minimum Gasteiger partial charge on any atom is -0.354 e. The molecule has 3 heterocycles. The van der Waals surface area contributed by atoms with Crippen molar-refractivity contribution in [2.45, 2.75) is 24.4 Å². The second-order valence-corrected chi connectivity index (χ2v) is 15.1. The van der Waals surface area contributed by atoms with E-state index in [0.717, 1.165) is 29.2 Å². The number of carbonyl (C=O) groups is 3. The molecular formula is C44H38F6N9O3+. The number of carbonyl (C=O) groups excluding carboxylic acids is 3. The van der Waals surface area contributed by atoms with Crippen LogP contribution in [-0.2, 0) is 21.9 Å². The van der Waals surface area contributed by atoms with Crippen LogP contribution in [0.3, 0.4) is 0 Å². The maximum absolute atomic E-state index is 14.2. The molecular weight excluding hydrogens is 817 g/mol. The zero-order valence-corrected chi connectivity index (χ0v) is 32.9. The summed E-state index contributed by atoms with van der Waals surface area (Å²) in [6.07, 6.45) is -9.29. The number of likely N-dealkylation sites (N-methyl/N-ethyl adjacent to an activating group) is 1. The Morgan fingerprint density at radius 1 is 0.871 bits per heavy atom. The average molecular weight is 855 g/mol. The lowest BCUT2D eigenvalue weighted by Gasteiger charge is -2.34. The molecule has 4 aromatic rings. The van der Waals surface area contributed by atoms with E-state index in [1.54, 1.807) is 43.4 Å². The Morgan fingerprint density at radius 3 is 2.11 bits per heavy atom. The van der Waals surface area contributed by atoms with Gasteiger partial charge in [-0.05, 0) is 78.8 Å². The SMILES string of the molecule is CN(CCN1CC2=C(C1=O)[C@@H](c1ccc(C#N)cc1)NC(=O)N2c1cccc(C(F)(F)F)c1)CC[NH+]1CC(Nc2cccc(C(F)(F)F)c2)=C([C@H](N)c2ccc(C#N)cc2)C1=O. The van der Waals surface area contributed by atoms with Gasteiger partial charge in [0.15, 0.2) is 0 Å². The molecule has 0 bridgehead atoms. The van der Waals surface area contributed by atoms with E-state index in [0.29, 0.717) is 39.4 Å². The van der Waals surface area contributed by atoms with Gasteiger partial charge in [-0.1, -0.05) is 36.4 Å². The summed E-state index contributed by atoms with van der Waals surface area (Å²) < 4.78 is 81.9. The predicted molar refractivity (Wildman–Crippen MR) is 213 cm³/mol. The summed E-state index contributed by atoms with van der Waals surface area (Å²) in [6.45, 7) is 0.938. The van der Waals surface area contributed by atoms with Crippen molar-refractivity contribution in [3.8, 4) is 12.1 Å². The van der Waals surface area contributed by atoms with Gasteiger partial charge in [-0.3, -0.25) is 19.5 Å². The lowest BCUT2D eigenvalue weighted by atomic mass is 9.94. The van der Waals surface area contributed by atoms with Crippen LogP contribution in [0.15, 0.2) is 120 Å². The van der Waals surface area contributed by atoms with Crippen molar-refractivity contribution in [3.63, 3.8) is 0 Å². The van der Waals surface area contributed by atoms with E-state index in [4.69, 9.17) is 5.73 Å². The summed E-state index contributed by atoms with van der Waals surface area (Å²) in [5, 5.41) is 24.3. The van der Waals surface area contributed by atoms with Crippen LogP contribution >= 0.6 is 0 Å². The molecule has 4 amide bonds. The van der Waals surface area contributed by atoms with E-state index in [1.165, 1.54) is 41.3 Å². The molecule has 0 aromatic heterocycles. The zero-order valence-electron chi connectivity index (χ0n) is 32.9. The Kier molecular flexibility index (Phi) is 11.9. The molecule has 0 aliphatic carbocycles. The summed E-state index contributed by atoms with van der Waals surface area (Å²) >= 11 is 0. The fourth-order valence-electron chi connectivity index (χ4n) is 7.74. The first kappa shape index (κ1) is 43.1. The molecule has 3 atom stereocenters. The van der Waals surface area contributed by atoms with Gasteiger partial charge in [0, 0.05) is 25.3 Å². The van der Waals surface area contributed by atoms with Crippen LogP contribution in [0.4, 0.5) is 42.5 Å². The molecule has 0 saturated heterocycles. The number of rotatable bonds is 12. The quantitative estimate of drug-likeness (QED) is 0.141.